The molecule has 3 aromatic carbocycles. The van der Waals surface area contributed by atoms with Crippen LogP contribution in [0.3, 0.4) is 0 Å². The fourth-order valence-corrected chi connectivity index (χ4v) is 8.70. The van der Waals surface area contributed by atoms with Crippen molar-refractivity contribution >= 4 is 44.8 Å². The van der Waals surface area contributed by atoms with Gasteiger partial charge in [-0.3, -0.25) is 0 Å². The van der Waals surface area contributed by atoms with Gasteiger partial charge in [-0.25, -0.2) is 0 Å². The number of pyridine rings is 2. The van der Waals surface area contributed by atoms with Gasteiger partial charge in [-0.15, -0.1) is 58.8 Å². The van der Waals surface area contributed by atoms with E-state index in [1.807, 2.05) is 53.8 Å². The molecule has 1 radical (unpaired) electrons. The maximum atomic E-state index is 4.92. The summed E-state index contributed by atoms with van der Waals surface area (Å²) in [5.41, 5.74) is 5.65. The summed E-state index contributed by atoms with van der Waals surface area (Å²) in [7, 11) is -1.48. The fourth-order valence-electron chi connectivity index (χ4n) is 5.86. The van der Waals surface area contributed by atoms with E-state index in [1.165, 1.54) is 68.6 Å². The Hall–Kier alpha value is -2.95. The summed E-state index contributed by atoms with van der Waals surface area (Å²) in [5.74, 6) is 0.702. The van der Waals surface area contributed by atoms with Crippen LogP contribution < -0.4 is 5.19 Å². The Bertz CT molecular complexity index is 1700. The summed E-state index contributed by atoms with van der Waals surface area (Å²) < 4.78 is 2.71. The number of nitrogens with zero attached hydrogens (tertiary/aromatic N) is 2. The van der Waals surface area contributed by atoms with E-state index in [1.54, 1.807) is 6.20 Å². The molecule has 0 N–H and O–H groups in total. The third kappa shape index (κ3) is 6.66. The molecule has 0 saturated heterocycles. The first-order chi connectivity index (χ1) is 20.0. The molecule has 42 heavy (non-hydrogen) atoms. The number of benzene rings is 3. The Labute approximate surface area is 268 Å². The van der Waals surface area contributed by atoms with E-state index in [0.717, 1.165) is 17.0 Å². The van der Waals surface area contributed by atoms with Gasteiger partial charge in [-0.2, -0.15) is 11.3 Å². The van der Waals surface area contributed by atoms with Crippen molar-refractivity contribution in [1.82, 2.24) is 9.97 Å². The van der Waals surface area contributed by atoms with Crippen molar-refractivity contribution in [2.75, 3.05) is 0 Å². The quantitative estimate of drug-likeness (QED) is 0.132. The van der Waals surface area contributed by atoms with E-state index < -0.39 is 8.07 Å². The van der Waals surface area contributed by atoms with Crippen LogP contribution in [0.15, 0.2) is 97.3 Å². The third-order valence-electron chi connectivity index (χ3n) is 8.03. The summed E-state index contributed by atoms with van der Waals surface area (Å²) >= 11 is 1.90. The maximum Gasteiger partial charge on any atom is 0.0300 e. The Kier molecular flexibility index (Phi) is 9.85. The van der Waals surface area contributed by atoms with E-state index in [-0.39, 0.29) is 20.1 Å². The van der Waals surface area contributed by atoms with Crippen LogP contribution >= 0.6 is 11.3 Å². The van der Waals surface area contributed by atoms with Gasteiger partial charge in [-0.1, -0.05) is 86.8 Å². The van der Waals surface area contributed by atoms with E-state index in [4.69, 9.17) is 4.98 Å². The normalized spacial score (nSPS) is 13.8. The fraction of sp³-hybridized carbons (Fsp3) is 0.243. The minimum atomic E-state index is -1.48. The van der Waals surface area contributed by atoms with Gasteiger partial charge < -0.3 is 9.97 Å². The summed E-state index contributed by atoms with van der Waals surface area (Å²) in [4.78, 5) is 9.14. The first kappa shape index (κ1) is 30.5. The smallest absolute Gasteiger partial charge is 0.0300 e. The average molecular weight is 761 g/mol. The Balaban J connectivity index is 0.000000228. The molecule has 0 unspecified atom stereocenters. The molecule has 5 heteroatoms. The number of hydrogen-bond acceptors (Lipinski definition) is 3. The second-order valence-corrected chi connectivity index (χ2v) is 18.0. The minimum Gasteiger partial charge on any atom is -0.305 e. The van der Waals surface area contributed by atoms with Crippen LogP contribution in [0.1, 0.15) is 43.6 Å². The van der Waals surface area contributed by atoms with Crippen molar-refractivity contribution in [3.05, 3.63) is 115 Å². The summed E-state index contributed by atoms with van der Waals surface area (Å²) in [6.45, 7) is 7.29. The van der Waals surface area contributed by atoms with Crippen LogP contribution in [0.25, 0.3) is 42.7 Å². The van der Waals surface area contributed by atoms with Crippen molar-refractivity contribution in [3.8, 4) is 22.5 Å². The molecule has 1 saturated carbocycles. The van der Waals surface area contributed by atoms with Crippen molar-refractivity contribution in [1.29, 1.82) is 0 Å². The zero-order valence-corrected chi connectivity index (χ0v) is 28.7. The van der Waals surface area contributed by atoms with Crippen LogP contribution in [-0.4, -0.2) is 18.0 Å². The van der Waals surface area contributed by atoms with Crippen LogP contribution in [-0.2, 0) is 20.1 Å². The van der Waals surface area contributed by atoms with Crippen molar-refractivity contribution in [3.63, 3.8) is 0 Å². The van der Waals surface area contributed by atoms with Gasteiger partial charge in [0.05, 0.1) is 0 Å². The van der Waals surface area contributed by atoms with Crippen LogP contribution in [0, 0.1) is 12.1 Å². The molecule has 1 aliphatic rings. The van der Waals surface area contributed by atoms with E-state index >= 15 is 0 Å². The predicted molar refractivity (Wildman–Crippen MR) is 179 cm³/mol. The number of aromatic nitrogens is 2. The number of hydrogen-bond donors (Lipinski definition) is 0. The van der Waals surface area contributed by atoms with Gasteiger partial charge in [0.1, 0.15) is 0 Å². The molecule has 2 nitrogen and oxygen atoms in total. The monoisotopic (exact) mass is 761 g/mol. The molecule has 1 fully saturated rings. The summed E-state index contributed by atoms with van der Waals surface area (Å²) in [5, 5.41) is 4.34. The van der Waals surface area contributed by atoms with Gasteiger partial charge in [0, 0.05) is 45.3 Å². The summed E-state index contributed by atoms with van der Waals surface area (Å²) in [6, 6.07) is 36.1. The summed E-state index contributed by atoms with van der Waals surface area (Å²) in [6.07, 6.45) is 10.7. The van der Waals surface area contributed by atoms with Crippen LogP contribution in [0.2, 0.25) is 19.6 Å². The molecule has 0 spiro atoms. The molecule has 1 aliphatic carbocycles. The van der Waals surface area contributed by atoms with E-state index in [2.05, 4.69) is 85.4 Å². The molecule has 7 rings (SSSR count). The van der Waals surface area contributed by atoms with E-state index in [0.29, 0.717) is 5.92 Å². The predicted octanol–water partition coefficient (Wildman–Crippen LogP) is 10.1. The second-order valence-electron chi connectivity index (χ2n) is 11.9. The topological polar surface area (TPSA) is 25.8 Å². The van der Waals surface area contributed by atoms with Gasteiger partial charge in [-0.05, 0) is 57.9 Å². The van der Waals surface area contributed by atoms with Crippen molar-refractivity contribution in [2.24, 2.45) is 0 Å². The van der Waals surface area contributed by atoms with Crippen LogP contribution in [0.5, 0.6) is 0 Å². The SMILES string of the molecule is C[Si](C)(C)c1c[c-]c(-c2ccc(C3CCCCC3)cn2)c2sc3ccccc3c12.[Ir].[c-]1ccccc1-c1ccccn1. The molecule has 3 heterocycles. The first-order valence-electron chi connectivity index (χ1n) is 14.7. The van der Waals surface area contributed by atoms with Crippen molar-refractivity contribution in [2.45, 2.75) is 57.7 Å². The molecular weight excluding hydrogens is 725 g/mol. The number of rotatable bonds is 4. The van der Waals surface area contributed by atoms with E-state index in [9.17, 15) is 0 Å². The van der Waals surface area contributed by atoms with Gasteiger partial charge in [0.15, 0.2) is 0 Å². The largest absolute Gasteiger partial charge is 0.305 e. The molecule has 0 bridgehead atoms. The maximum absolute atomic E-state index is 4.92. The zero-order chi connectivity index (χ0) is 28.2. The standard InChI is InChI=1S/C26H28NSSi.C11H8N.Ir/c1-29(2,3)24-16-14-20(26-25(24)21-11-7-8-12-23(21)28-26)22-15-13-19(17-27-22)18-9-5-4-6-10-18;1-2-6-10(7-3-1)11-8-4-5-9-12-11;/h7-8,11-13,15-18H,4-6,9-10H2,1-3H3;1-6,8-9H;/q2*-1;. The molecule has 6 aromatic rings. The van der Waals surface area contributed by atoms with Gasteiger partial charge in [0.25, 0.3) is 0 Å². The molecule has 3 aromatic heterocycles. The Morgan fingerprint density at radius 1 is 0.786 bits per heavy atom. The van der Waals surface area contributed by atoms with Crippen LogP contribution in [0.4, 0.5) is 0 Å². The first-order valence-corrected chi connectivity index (χ1v) is 19.0. The number of thiophene rings is 1. The average Bonchev–Trinajstić information content (AvgIpc) is 3.42. The Morgan fingerprint density at radius 2 is 1.57 bits per heavy atom. The van der Waals surface area contributed by atoms with Gasteiger partial charge in [0.2, 0.25) is 0 Å². The Morgan fingerprint density at radius 3 is 2.26 bits per heavy atom. The second kappa shape index (κ2) is 13.6. The number of fused-ring (bicyclic) bond motifs is 3. The molecule has 0 amide bonds. The van der Waals surface area contributed by atoms with Gasteiger partial charge >= 0.3 is 0 Å². The zero-order valence-electron chi connectivity index (χ0n) is 24.5. The molecule has 215 valence electrons. The molecular formula is C37H36IrN2SSi-2. The third-order valence-corrected chi connectivity index (χ3v) is 11.2. The molecule has 0 atom stereocenters. The minimum absolute atomic E-state index is 0. The molecule has 0 aliphatic heterocycles. The van der Waals surface area contributed by atoms with Crippen molar-refractivity contribution < 1.29 is 20.1 Å².